The van der Waals surface area contributed by atoms with Crippen molar-refractivity contribution in [1.29, 1.82) is 0 Å². The van der Waals surface area contributed by atoms with E-state index in [0.717, 1.165) is 23.0 Å². The maximum atomic E-state index is 14.2. The van der Waals surface area contributed by atoms with Crippen LogP contribution in [0.1, 0.15) is 41.9 Å². The maximum Gasteiger partial charge on any atom is 0.254 e. The molecule has 6 heteroatoms. The number of carbonyl (C=O) groups is 1. The summed E-state index contributed by atoms with van der Waals surface area (Å²) in [5.74, 6) is -0.676. The van der Waals surface area contributed by atoms with Crippen LogP contribution in [0.5, 0.6) is 0 Å². The maximum absolute atomic E-state index is 14.2. The van der Waals surface area contributed by atoms with Gasteiger partial charge in [0, 0.05) is 7.05 Å². The van der Waals surface area contributed by atoms with Crippen LogP contribution in [0.3, 0.4) is 0 Å². The van der Waals surface area contributed by atoms with Gasteiger partial charge in [0.2, 0.25) is 0 Å². The number of carbonyl (C=O) groups excluding carboxylic acids is 1. The molecule has 1 aromatic heterocycles. The van der Waals surface area contributed by atoms with E-state index in [-0.39, 0.29) is 11.7 Å². The molecule has 1 amide bonds. The molecule has 2 aromatic carbocycles. The molecule has 0 saturated heterocycles. The summed E-state index contributed by atoms with van der Waals surface area (Å²) in [6, 6.07) is 11.0. The molecule has 2 N–H and O–H groups in total. The second-order valence-corrected chi connectivity index (χ2v) is 7.48. The molecule has 1 heterocycles. The van der Waals surface area contributed by atoms with Gasteiger partial charge in [-0.25, -0.2) is 14.9 Å². The van der Waals surface area contributed by atoms with Crippen molar-refractivity contribution in [2.45, 2.75) is 37.5 Å². The second kappa shape index (κ2) is 6.46. The molecule has 4 rings (SSSR count). The zero-order chi connectivity index (χ0) is 19.2. The van der Waals surface area contributed by atoms with Crippen LogP contribution in [0.25, 0.3) is 11.0 Å². The highest BCUT2D eigenvalue weighted by atomic mass is 19.1. The molecule has 3 aromatic rings. The number of amides is 1. The standard InChI is InChI=1S/C21H22FN3O2/c1-13-16(4-3-5-17(13)22)21(20(26)24-27)9-8-15(11-21)14-6-7-19-18(10-14)23-12-25(19)2/h3-7,10,12,15,27H,8-9,11H2,1-2H3,(H,24,26)/t15-,21-/m0/s1. The van der Waals surface area contributed by atoms with E-state index in [1.54, 1.807) is 25.4 Å². The first-order valence-electron chi connectivity index (χ1n) is 9.07. The van der Waals surface area contributed by atoms with Crippen molar-refractivity contribution >= 4 is 16.9 Å². The van der Waals surface area contributed by atoms with Crippen molar-refractivity contribution in [3.8, 4) is 0 Å². The highest BCUT2D eigenvalue weighted by Crippen LogP contribution is 2.49. The molecule has 0 aliphatic heterocycles. The molecule has 0 bridgehead atoms. The third-order valence-corrected chi connectivity index (χ3v) is 6.05. The van der Waals surface area contributed by atoms with Crippen LogP contribution in [0.4, 0.5) is 4.39 Å². The van der Waals surface area contributed by atoms with E-state index in [1.165, 1.54) is 6.07 Å². The van der Waals surface area contributed by atoms with Crippen molar-refractivity contribution in [1.82, 2.24) is 15.0 Å². The number of benzene rings is 2. The third-order valence-electron chi connectivity index (χ3n) is 6.05. The summed E-state index contributed by atoms with van der Waals surface area (Å²) in [5, 5.41) is 9.38. The number of hydrogen-bond acceptors (Lipinski definition) is 3. The number of aryl methyl sites for hydroxylation is 1. The lowest BCUT2D eigenvalue weighted by atomic mass is 9.75. The normalized spacial score (nSPS) is 22.3. The predicted molar refractivity (Wildman–Crippen MR) is 100 cm³/mol. The minimum atomic E-state index is -0.940. The third kappa shape index (κ3) is 2.72. The molecule has 1 fully saturated rings. The Morgan fingerprint density at radius 3 is 2.96 bits per heavy atom. The zero-order valence-electron chi connectivity index (χ0n) is 15.4. The van der Waals surface area contributed by atoms with E-state index in [1.807, 2.05) is 23.2 Å². The van der Waals surface area contributed by atoms with Gasteiger partial charge in [-0.3, -0.25) is 10.0 Å². The quantitative estimate of drug-likeness (QED) is 0.547. The fourth-order valence-corrected chi connectivity index (χ4v) is 4.54. The number of nitrogens with one attached hydrogen (secondary N) is 1. The highest BCUT2D eigenvalue weighted by molar-refractivity contribution is 5.88. The first kappa shape index (κ1) is 17.7. The zero-order valence-corrected chi connectivity index (χ0v) is 15.4. The van der Waals surface area contributed by atoms with Crippen LogP contribution in [-0.2, 0) is 17.3 Å². The SMILES string of the molecule is Cc1c(F)cccc1[C@]1(C(=O)NO)CC[C@H](c2ccc3c(c2)ncn3C)C1. The Kier molecular flexibility index (Phi) is 4.23. The van der Waals surface area contributed by atoms with E-state index in [2.05, 4.69) is 17.1 Å². The first-order chi connectivity index (χ1) is 13.0. The number of aromatic nitrogens is 2. The van der Waals surface area contributed by atoms with E-state index in [9.17, 15) is 14.4 Å². The van der Waals surface area contributed by atoms with Gasteiger partial charge in [-0.1, -0.05) is 18.2 Å². The fraction of sp³-hybridized carbons (Fsp3) is 0.333. The van der Waals surface area contributed by atoms with Crippen LogP contribution in [0, 0.1) is 12.7 Å². The van der Waals surface area contributed by atoms with E-state index in [4.69, 9.17) is 0 Å². The van der Waals surface area contributed by atoms with Gasteiger partial charge in [-0.2, -0.15) is 0 Å². The minimum absolute atomic E-state index is 0.136. The van der Waals surface area contributed by atoms with Crippen molar-refractivity contribution in [3.63, 3.8) is 0 Å². The monoisotopic (exact) mass is 367 g/mol. The van der Waals surface area contributed by atoms with Crippen LogP contribution < -0.4 is 5.48 Å². The summed E-state index contributed by atoms with van der Waals surface area (Å²) < 4.78 is 16.1. The van der Waals surface area contributed by atoms with Gasteiger partial charge in [-0.05, 0) is 67.0 Å². The summed E-state index contributed by atoms with van der Waals surface area (Å²) >= 11 is 0. The molecule has 27 heavy (non-hydrogen) atoms. The van der Waals surface area contributed by atoms with E-state index in [0.29, 0.717) is 24.0 Å². The Balaban J connectivity index is 1.75. The number of hydrogen-bond donors (Lipinski definition) is 2. The molecular formula is C21H22FN3O2. The molecular weight excluding hydrogens is 345 g/mol. The number of imidazole rings is 1. The van der Waals surface area contributed by atoms with Gasteiger partial charge in [-0.15, -0.1) is 0 Å². The first-order valence-corrected chi connectivity index (χ1v) is 9.07. The number of rotatable bonds is 3. The van der Waals surface area contributed by atoms with Gasteiger partial charge in [0.1, 0.15) is 5.82 Å². The number of halogens is 1. The highest BCUT2D eigenvalue weighted by Gasteiger charge is 2.48. The van der Waals surface area contributed by atoms with Crippen LogP contribution in [0.15, 0.2) is 42.7 Å². The molecule has 140 valence electrons. The molecule has 0 unspecified atom stereocenters. The molecule has 0 spiro atoms. The molecule has 0 radical (unpaired) electrons. The van der Waals surface area contributed by atoms with E-state index >= 15 is 0 Å². The van der Waals surface area contributed by atoms with Gasteiger partial charge >= 0.3 is 0 Å². The van der Waals surface area contributed by atoms with Gasteiger partial charge in [0.25, 0.3) is 5.91 Å². The molecule has 1 aliphatic carbocycles. The lowest BCUT2D eigenvalue weighted by Gasteiger charge is -2.29. The predicted octanol–water partition coefficient (Wildman–Crippen LogP) is 3.73. The van der Waals surface area contributed by atoms with Gasteiger partial charge < -0.3 is 4.57 Å². The molecule has 1 saturated carbocycles. The summed E-state index contributed by atoms with van der Waals surface area (Å²) in [6.07, 6.45) is 3.63. The average molecular weight is 367 g/mol. The van der Waals surface area contributed by atoms with Crippen molar-refractivity contribution < 1.29 is 14.4 Å². The van der Waals surface area contributed by atoms with Crippen LogP contribution in [0.2, 0.25) is 0 Å². The summed E-state index contributed by atoms with van der Waals surface area (Å²) in [6.45, 7) is 1.68. The van der Waals surface area contributed by atoms with Crippen LogP contribution in [-0.4, -0.2) is 20.7 Å². The van der Waals surface area contributed by atoms with Gasteiger partial charge in [0.05, 0.1) is 22.8 Å². The number of fused-ring (bicyclic) bond motifs is 1. The molecule has 1 aliphatic rings. The average Bonchev–Trinajstić information content (AvgIpc) is 3.28. The lowest BCUT2D eigenvalue weighted by molar-refractivity contribution is -0.135. The number of hydroxylamine groups is 1. The Hall–Kier alpha value is -2.73. The van der Waals surface area contributed by atoms with Crippen molar-refractivity contribution in [2.75, 3.05) is 0 Å². The largest absolute Gasteiger partial charge is 0.334 e. The molecule has 2 atom stereocenters. The smallest absolute Gasteiger partial charge is 0.254 e. The Labute approximate surface area is 156 Å². The minimum Gasteiger partial charge on any atom is -0.334 e. The van der Waals surface area contributed by atoms with E-state index < -0.39 is 11.3 Å². The second-order valence-electron chi connectivity index (χ2n) is 7.48. The van der Waals surface area contributed by atoms with Crippen LogP contribution >= 0.6 is 0 Å². The summed E-state index contributed by atoms with van der Waals surface area (Å²) in [5.41, 5.74) is 5.07. The van der Waals surface area contributed by atoms with Gasteiger partial charge in [0.15, 0.2) is 0 Å². The molecule has 5 nitrogen and oxygen atoms in total. The van der Waals surface area contributed by atoms with Crippen molar-refractivity contribution in [3.05, 3.63) is 65.2 Å². The lowest BCUT2D eigenvalue weighted by Crippen LogP contribution is -2.42. The van der Waals surface area contributed by atoms with Crippen molar-refractivity contribution in [2.24, 2.45) is 7.05 Å². The Morgan fingerprint density at radius 2 is 2.19 bits per heavy atom. The summed E-state index contributed by atoms with van der Waals surface area (Å²) in [7, 11) is 1.95. The number of nitrogens with zero attached hydrogens (tertiary/aromatic N) is 2. The topological polar surface area (TPSA) is 67.2 Å². The Bertz CT molecular complexity index is 1030. The summed E-state index contributed by atoms with van der Waals surface area (Å²) in [4.78, 5) is 17.1. The fourth-order valence-electron chi connectivity index (χ4n) is 4.54. The Morgan fingerprint density at radius 1 is 1.37 bits per heavy atom.